The van der Waals surface area contributed by atoms with Crippen LogP contribution in [-0.4, -0.2) is 37.2 Å². The van der Waals surface area contributed by atoms with E-state index >= 15 is 0 Å². The molecule has 0 heterocycles. The van der Waals surface area contributed by atoms with Crippen LogP contribution in [0.4, 0.5) is 0 Å². The Morgan fingerprint density at radius 3 is 1.03 bits per heavy atom. The van der Waals surface area contributed by atoms with Crippen LogP contribution in [-0.2, 0) is 28.6 Å². The minimum Gasteiger partial charge on any atom is -0.462 e. The molecule has 0 N–H and O–H groups in total. The van der Waals surface area contributed by atoms with E-state index in [2.05, 4.69) is 69.4 Å². The van der Waals surface area contributed by atoms with E-state index in [1.54, 1.807) is 0 Å². The van der Waals surface area contributed by atoms with Crippen molar-refractivity contribution in [2.75, 3.05) is 13.2 Å². The molecule has 6 nitrogen and oxygen atoms in total. The summed E-state index contributed by atoms with van der Waals surface area (Å²) in [7, 11) is 0. The highest BCUT2D eigenvalue weighted by molar-refractivity contribution is 5.71. The van der Waals surface area contributed by atoms with Gasteiger partial charge >= 0.3 is 17.9 Å². The lowest BCUT2D eigenvalue weighted by Gasteiger charge is -2.18. The average Bonchev–Trinajstić information content (AvgIpc) is 3.23. The van der Waals surface area contributed by atoms with Crippen LogP contribution < -0.4 is 0 Å². The summed E-state index contributed by atoms with van der Waals surface area (Å²) in [6.07, 6.45) is 56.6. The predicted octanol–water partition coefficient (Wildman–Crippen LogP) is 16.3. The maximum Gasteiger partial charge on any atom is 0.306 e. The second-order valence-corrected chi connectivity index (χ2v) is 16.7. The minimum absolute atomic E-state index is 0.0826. The Morgan fingerprint density at radius 1 is 0.339 bits per heavy atom. The van der Waals surface area contributed by atoms with E-state index in [0.717, 1.165) is 70.6 Å². The molecule has 0 fully saturated rings. The van der Waals surface area contributed by atoms with E-state index in [1.807, 2.05) is 0 Å². The van der Waals surface area contributed by atoms with E-state index < -0.39 is 6.10 Å². The number of unbranched alkanes of at least 4 members (excludes halogenated alkanes) is 27. The number of carbonyl (C=O) groups excluding carboxylic acids is 3. The third-order valence-corrected chi connectivity index (χ3v) is 10.8. The Kier molecular flexibility index (Phi) is 45.9. The second-order valence-electron chi connectivity index (χ2n) is 16.7. The van der Waals surface area contributed by atoms with Crippen LogP contribution in [0.3, 0.4) is 0 Å². The third-order valence-electron chi connectivity index (χ3n) is 10.8. The summed E-state index contributed by atoms with van der Waals surface area (Å²) in [6.45, 7) is 6.54. The van der Waals surface area contributed by atoms with Gasteiger partial charge in [0.15, 0.2) is 6.10 Å². The number of hydrogen-bond donors (Lipinski definition) is 0. The molecule has 0 rings (SSSR count). The molecular formula is C53H94O6. The fraction of sp³-hybridized carbons (Fsp3) is 0.792. The first-order chi connectivity index (χ1) is 29.0. The highest BCUT2D eigenvalue weighted by Gasteiger charge is 2.19. The lowest BCUT2D eigenvalue weighted by molar-refractivity contribution is -0.167. The molecule has 342 valence electrons. The summed E-state index contributed by atoms with van der Waals surface area (Å²) in [6, 6.07) is 0. The van der Waals surface area contributed by atoms with E-state index in [1.165, 1.54) is 141 Å². The highest BCUT2D eigenvalue weighted by Crippen LogP contribution is 2.14. The molecule has 0 aliphatic heterocycles. The van der Waals surface area contributed by atoms with Crippen molar-refractivity contribution in [2.45, 2.75) is 258 Å². The Labute approximate surface area is 365 Å². The first kappa shape index (κ1) is 56.4. The van der Waals surface area contributed by atoms with Crippen LogP contribution in [0.15, 0.2) is 48.6 Å². The van der Waals surface area contributed by atoms with Gasteiger partial charge in [0.1, 0.15) is 13.2 Å². The lowest BCUT2D eigenvalue weighted by atomic mass is 10.1. The van der Waals surface area contributed by atoms with Gasteiger partial charge < -0.3 is 14.2 Å². The van der Waals surface area contributed by atoms with Crippen LogP contribution in [0.25, 0.3) is 0 Å². The molecule has 6 heteroatoms. The molecular weight excluding hydrogens is 733 g/mol. The summed E-state index contributed by atoms with van der Waals surface area (Å²) >= 11 is 0. The van der Waals surface area contributed by atoms with Gasteiger partial charge in [-0.3, -0.25) is 14.4 Å². The monoisotopic (exact) mass is 827 g/mol. The molecule has 0 spiro atoms. The minimum atomic E-state index is -0.781. The van der Waals surface area contributed by atoms with E-state index in [9.17, 15) is 14.4 Å². The summed E-state index contributed by atoms with van der Waals surface area (Å²) < 4.78 is 16.8. The van der Waals surface area contributed by atoms with Gasteiger partial charge in [-0.15, -0.1) is 0 Å². The van der Waals surface area contributed by atoms with Crippen LogP contribution in [0.2, 0.25) is 0 Å². The molecule has 0 aromatic rings. The van der Waals surface area contributed by atoms with Crippen molar-refractivity contribution in [1.29, 1.82) is 0 Å². The van der Waals surface area contributed by atoms with Gasteiger partial charge in [0, 0.05) is 19.3 Å². The average molecular weight is 827 g/mol. The second kappa shape index (κ2) is 48.0. The summed E-state index contributed by atoms with van der Waals surface area (Å²) in [5.74, 6) is -0.904. The fourth-order valence-corrected chi connectivity index (χ4v) is 6.94. The molecule has 0 amide bonds. The number of allylic oxidation sites excluding steroid dienone is 8. The van der Waals surface area contributed by atoms with E-state index in [4.69, 9.17) is 14.2 Å². The Balaban J connectivity index is 4.39. The Morgan fingerprint density at radius 2 is 0.627 bits per heavy atom. The van der Waals surface area contributed by atoms with E-state index in [-0.39, 0.29) is 31.1 Å². The fourth-order valence-electron chi connectivity index (χ4n) is 6.94. The number of carbonyl (C=O) groups is 3. The zero-order chi connectivity index (χ0) is 43.0. The normalized spacial score (nSPS) is 12.4. The molecule has 0 aliphatic rings. The highest BCUT2D eigenvalue weighted by atomic mass is 16.6. The lowest BCUT2D eigenvalue weighted by Crippen LogP contribution is -2.30. The summed E-state index contributed by atoms with van der Waals surface area (Å²) in [5.41, 5.74) is 0. The molecule has 0 saturated heterocycles. The van der Waals surface area contributed by atoms with Crippen LogP contribution >= 0.6 is 0 Å². The van der Waals surface area contributed by atoms with Crippen molar-refractivity contribution >= 4 is 17.9 Å². The largest absolute Gasteiger partial charge is 0.462 e. The number of esters is 3. The van der Waals surface area contributed by atoms with Crippen molar-refractivity contribution in [3.63, 3.8) is 0 Å². The first-order valence-corrected chi connectivity index (χ1v) is 25.2. The third kappa shape index (κ3) is 46.3. The quantitative estimate of drug-likeness (QED) is 0.0200. The van der Waals surface area contributed by atoms with Crippen LogP contribution in [0, 0.1) is 0 Å². The van der Waals surface area contributed by atoms with Crippen LogP contribution in [0.5, 0.6) is 0 Å². The van der Waals surface area contributed by atoms with Crippen molar-refractivity contribution in [3.05, 3.63) is 48.6 Å². The predicted molar refractivity (Wildman–Crippen MR) is 252 cm³/mol. The molecule has 0 aliphatic carbocycles. The first-order valence-electron chi connectivity index (χ1n) is 25.2. The Hall–Kier alpha value is -2.63. The van der Waals surface area contributed by atoms with Crippen molar-refractivity contribution in [2.24, 2.45) is 0 Å². The SMILES string of the molecule is CCCC/C=C\CCCCCCCC(=O)OCC(COC(=O)CCCCCCCC/C=C\C=C/CCCCC)OC(=O)CCCCCCCCC/C=C\CCCCCC. The van der Waals surface area contributed by atoms with Crippen molar-refractivity contribution < 1.29 is 28.6 Å². The van der Waals surface area contributed by atoms with Gasteiger partial charge in [-0.25, -0.2) is 0 Å². The van der Waals surface area contributed by atoms with Gasteiger partial charge in [-0.2, -0.15) is 0 Å². The number of rotatable bonds is 45. The zero-order valence-corrected chi connectivity index (χ0v) is 39.0. The smallest absolute Gasteiger partial charge is 0.306 e. The molecule has 1 atom stereocenters. The molecule has 0 aromatic heterocycles. The number of hydrogen-bond acceptors (Lipinski definition) is 6. The van der Waals surface area contributed by atoms with Crippen molar-refractivity contribution in [3.8, 4) is 0 Å². The molecule has 59 heavy (non-hydrogen) atoms. The standard InChI is InChI=1S/C53H94O6/c1-4-7-10-13-16-19-22-24-26-28-31-34-37-40-43-46-52(55)58-49-50(48-57-51(54)45-42-39-36-33-30-21-18-15-12-9-6-3)59-53(56)47-44-41-38-35-32-29-27-25-23-20-17-14-11-8-5-2/h15-16,18-20,22-24,50H,4-14,17,21,25-49H2,1-3H3/b18-15-,19-16-,23-20-,24-22-. The molecule has 0 radical (unpaired) electrons. The van der Waals surface area contributed by atoms with E-state index in [0.29, 0.717) is 19.3 Å². The van der Waals surface area contributed by atoms with Gasteiger partial charge in [0.25, 0.3) is 0 Å². The molecule has 0 saturated carbocycles. The maximum atomic E-state index is 12.8. The van der Waals surface area contributed by atoms with Gasteiger partial charge in [-0.1, -0.05) is 191 Å². The van der Waals surface area contributed by atoms with Crippen molar-refractivity contribution in [1.82, 2.24) is 0 Å². The molecule has 1 unspecified atom stereocenters. The zero-order valence-electron chi connectivity index (χ0n) is 39.0. The Bertz CT molecular complexity index is 1040. The summed E-state index contributed by atoms with van der Waals surface area (Å²) in [5, 5.41) is 0. The molecule has 0 bridgehead atoms. The summed E-state index contributed by atoms with van der Waals surface area (Å²) in [4.78, 5) is 37.9. The van der Waals surface area contributed by atoms with Crippen LogP contribution in [0.1, 0.15) is 252 Å². The number of ether oxygens (including phenoxy) is 3. The maximum absolute atomic E-state index is 12.8. The molecule has 0 aromatic carbocycles. The van der Waals surface area contributed by atoms with Gasteiger partial charge in [0.2, 0.25) is 0 Å². The van der Waals surface area contributed by atoms with Gasteiger partial charge in [0.05, 0.1) is 0 Å². The van der Waals surface area contributed by atoms with Gasteiger partial charge in [-0.05, 0) is 89.9 Å². The topological polar surface area (TPSA) is 78.9 Å².